The molecule has 0 aliphatic rings. The van der Waals surface area contributed by atoms with E-state index in [1.165, 1.54) is 4.90 Å². The first-order valence-corrected chi connectivity index (χ1v) is 8.27. The van der Waals surface area contributed by atoms with Crippen LogP contribution in [-0.2, 0) is 6.54 Å². The molecule has 1 amide bonds. The fraction of sp³-hybridized carbons (Fsp3) is 0.200. The summed E-state index contributed by atoms with van der Waals surface area (Å²) in [6.45, 7) is 0.0674. The molecule has 0 saturated heterocycles. The second kappa shape index (κ2) is 7.84. The van der Waals surface area contributed by atoms with Gasteiger partial charge >= 0.3 is 0 Å². The van der Waals surface area contributed by atoms with Crippen molar-refractivity contribution in [3.05, 3.63) is 76.1 Å². The third-order valence-corrected chi connectivity index (χ3v) is 4.17. The van der Waals surface area contributed by atoms with E-state index in [-0.39, 0.29) is 31.2 Å². The molecule has 26 heavy (non-hydrogen) atoms. The van der Waals surface area contributed by atoms with E-state index in [1.807, 2.05) is 12.1 Å². The first-order chi connectivity index (χ1) is 12.6. The Morgan fingerprint density at radius 3 is 2.62 bits per heavy atom. The molecule has 3 rings (SSSR count). The molecular formula is C20H20N2O4. The van der Waals surface area contributed by atoms with Gasteiger partial charge in [0.25, 0.3) is 11.5 Å². The van der Waals surface area contributed by atoms with E-state index in [1.54, 1.807) is 49.6 Å². The molecule has 2 aromatic carbocycles. The molecule has 0 atom stereocenters. The lowest BCUT2D eigenvalue weighted by Gasteiger charge is -2.21. The maximum Gasteiger partial charge on any atom is 0.254 e. The lowest BCUT2D eigenvalue weighted by molar-refractivity contribution is 0.0707. The summed E-state index contributed by atoms with van der Waals surface area (Å²) in [4.78, 5) is 29.4. The Morgan fingerprint density at radius 2 is 1.92 bits per heavy atom. The van der Waals surface area contributed by atoms with Crippen LogP contribution in [0.3, 0.4) is 0 Å². The van der Waals surface area contributed by atoms with E-state index >= 15 is 0 Å². The summed E-state index contributed by atoms with van der Waals surface area (Å²) in [7, 11) is 1.58. The van der Waals surface area contributed by atoms with Gasteiger partial charge in [0.15, 0.2) is 0 Å². The highest BCUT2D eigenvalue weighted by atomic mass is 16.5. The van der Waals surface area contributed by atoms with Gasteiger partial charge in [-0.1, -0.05) is 18.2 Å². The maximum atomic E-state index is 12.7. The van der Waals surface area contributed by atoms with Gasteiger partial charge < -0.3 is 19.7 Å². The summed E-state index contributed by atoms with van der Waals surface area (Å²) < 4.78 is 5.22. The van der Waals surface area contributed by atoms with Crippen molar-refractivity contribution in [1.82, 2.24) is 9.88 Å². The first-order valence-electron chi connectivity index (χ1n) is 8.27. The Kier molecular flexibility index (Phi) is 5.34. The smallest absolute Gasteiger partial charge is 0.254 e. The number of ether oxygens (including phenoxy) is 1. The van der Waals surface area contributed by atoms with Crippen molar-refractivity contribution in [2.45, 2.75) is 6.54 Å². The van der Waals surface area contributed by atoms with Crippen LogP contribution in [0.5, 0.6) is 5.75 Å². The number of methoxy groups -OCH3 is 1. The zero-order valence-electron chi connectivity index (χ0n) is 14.4. The number of carbonyl (C=O) groups excluding carboxylic acids is 1. The third kappa shape index (κ3) is 3.75. The van der Waals surface area contributed by atoms with Gasteiger partial charge in [-0.05, 0) is 36.4 Å². The van der Waals surface area contributed by atoms with Crippen LogP contribution in [-0.4, -0.2) is 41.2 Å². The number of aromatic nitrogens is 1. The van der Waals surface area contributed by atoms with Crippen molar-refractivity contribution in [3.63, 3.8) is 0 Å². The topological polar surface area (TPSA) is 82.6 Å². The van der Waals surface area contributed by atoms with Crippen LogP contribution < -0.4 is 10.3 Å². The van der Waals surface area contributed by atoms with Crippen molar-refractivity contribution in [1.29, 1.82) is 0 Å². The van der Waals surface area contributed by atoms with Crippen LogP contribution in [0.2, 0.25) is 0 Å². The monoisotopic (exact) mass is 352 g/mol. The van der Waals surface area contributed by atoms with Crippen LogP contribution in [0, 0.1) is 0 Å². The van der Waals surface area contributed by atoms with E-state index in [0.717, 1.165) is 5.39 Å². The molecule has 0 saturated carbocycles. The number of pyridine rings is 1. The van der Waals surface area contributed by atoms with E-state index in [0.29, 0.717) is 22.4 Å². The largest absolute Gasteiger partial charge is 0.497 e. The number of fused-ring (bicyclic) bond motifs is 1. The molecule has 6 heteroatoms. The van der Waals surface area contributed by atoms with E-state index in [2.05, 4.69) is 4.98 Å². The molecule has 0 aliphatic heterocycles. The number of rotatable bonds is 6. The summed E-state index contributed by atoms with van der Waals surface area (Å²) in [5.41, 5.74) is 1.40. The van der Waals surface area contributed by atoms with Crippen molar-refractivity contribution in [3.8, 4) is 5.75 Å². The molecule has 1 heterocycles. The molecule has 1 aromatic heterocycles. The number of nitrogens with one attached hydrogen (secondary N) is 1. The van der Waals surface area contributed by atoms with Gasteiger partial charge in [0.2, 0.25) is 0 Å². The second-order valence-electron chi connectivity index (χ2n) is 5.89. The third-order valence-electron chi connectivity index (χ3n) is 4.17. The number of aliphatic hydroxyl groups excluding tert-OH is 1. The van der Waals surface area contributed by atoms with Gasteiger partial charge in [-0.15, -0.1) is 0 Å². The Morgan fingerprint density at radius 1 is 1.15 bits per heavy atom. The summed E-state index contributed by atoms with van der Waals surface area (Å²) in [6.07, 6.45) is 0. The van der Waals surface area contributed by atoms with Crippen LogP contribution in [0.15, 0.2) is 59.4 Å². The minimum atomic E-state index is -0.258. The van der Waals surface area contributed by atoms with E-state index in [9.17, 15) is 14.7 Å². The van der Waals surface area contributed by atoms with Gasteiger partial charge in [-0.3, -0.25) is 9.59 Å². The molecule has 0 aliphatic carbocycles. The lowest BCUT2D eigenvalue weighted by Crippen LogP contribution is -2.35. The van der Waals surface area contributed by atoms with Gasteiger partial charge in [0, 0.05) is 28.6 Å². The highest BCUT2D eigenvalue weighted by molar-refractivity contribution is 5.94. The number of hydrogen-bond acceptors (Lipinski definition) is 4. The van der Waals surface area contributed by atoms with Crippen LogP contribution in [0.1, 0.15) is 15.9 Å². The molecule has 0 bridgehead atoms. The molecule has 6 nitrogen and oxygen atoms in total. The minimum absolute atomic E-state index is 0.108. The SMILES string of the molecule is COc1ccc2[nH]c(=O)c(CN(CCO)C(=O)c3ccccc3)cc2c1. The Balaban J connectivity index is 1.94. The number of carbonyl (C=O) groups is 1. The Labute approximate surface area is 150 Å². The molecule has 0 fully saturated rings. The van der Waals surface area contributed by atoms with Crippen LogP contribution in [0.4, 0.5) is 0 Å². The molecule has 0 radical (unpaired) electrons. The van der Waals surface area contributed by atoms with E-state index < -0.39 is 0 Å². The Bertz CT molecular complexity index is 966. The van der Waals surface area contributed by atoms with Gasteiger partial charge in [0.05, 0.1) is 20.3 Å². The number of amides is 1. The average molecular weight is 352 g/mol. The number of H-pyrrole nitrogens is 1. The highest BCUT2D eigenvalue weighted by Gasteiger charge is 2.17. The summed E-state index contributed by atoms with van der Waals surface area (Å²) in [6, 6.07) is 15.9. The molecule has 134 valence electrons. The fourth-order valence-corrected chi connectivity index (χ4v) is 2.82. The summed E-state index contributed by atoms with van der Waals surface area (Å²) in [5.74, 6) is 0.452. The highest BCUT2D eigenvalue weighted by Crippen LogP contribution is 2.19. The molecule has 0 spiro atoms. The van der Waals surface area contributed by atoms with Gasteiger partial charge in [0.1, 0.15) is 5.75 Å². The van der Waals surface area contributed by atoms with Crippen molar-refractivity contribution in [2.75, 3.05) is 20.3 Å². The molecule has 3 aromatic rings. The van der Waals surface area contributed by atoms with E-state index in [4.69, 9.17) is 4.74 Å². The predicted molar refractivity (Wildman–Crippen MR) is 99.4 cm³/mol. The first kappa shape index (κ1) is 17.7. The number of nitrogens with zero attached hydrogens (tertiary/aromatic N) is 1. The molecular weight excluding hydrogens is 332 g/mol. The van der Waals surface area contributed by atoms with Crippen molar-refractivity contribution < 1.29 is 14.6 Å². The summed E-state index contributed by atoms with van der Waals surface area (Å²) in [5, 5.41) is 10.1. The molecule has 2 N–H and O–H groups in total. The lowest BCUT2D eigenvalue weighted by atomic mass is 10.1. The standard InChI is InChI=1S/C20H20N2O4/c1-26-17-7-8-18-15(12-17)11-16(19(24)21-18)13-22(9-10-23)20(25)14-5-3-2-4-6-14/h2-8,11-12,23H,9-10,13H2,1H3,(H,21,24). The van der Waals surface area contributed by atoms with Gasteiger partial charge in [-0.25, -0.2) is 0 Å². The zero-order chi connectivity index (χ0) is 18.5. The maximum absolute atomic E-state index is 12.7. The quantitative estimate of drug-likeness (QED) is 0.712. The van der Waals surface area contributed by atoms with Crippen molar-refractivity contribution in [2.24, 2.45) is 0 Å². The average Bonchev–Trinajstić information content (AvgIpc) is 2.68. The van der Waals surface area contributed by atoms with Crippen molar-refractivity contribution >= 4 is 16.8 Å². The normalized spacial score (nSPS) is 10.7. The summed E-state index contributed by atoms with van der Waals surface area (Å²) >= 11 is 0. The molecule has 0 unspecified atom stereocenters. The van der Waals surface area contributed by atoms with Crippen LogP contribution >= 0.6 is 0 Å². The Hall–Kier alpha value is -3.12. The predicted octanol–water partition coefficient (Wildman–Crippen LogP) is 2.17. The number of benzene rings is 2. The van der Waals surface area contributed by atoms with Gasteiger partial charge in [-0.2, -0.15) is 0 Å². The zero-order valence-corrected chi connectivity index (χ0v) is 14.4. The minimum Gasteiger partial charge on any atom is -0.497 e. The number of hydrogen-bond donors (Lipinski definition) is 2. The van der Waals surface area contributed by atoms with Crippen LogP contribution in [0.25, 0.3) is 10.9 Å². The number of aromatic amines is 1. The fourth-order valence-electron chi connectivity index (χ4n) is 2.82. The second-order valence-corrected chi connectivity index (χ2v) is 5.89. The number of aliphatic hydroxyl groups is 1.